The molecular weight excluding hydrogens is 739 g/mol. The minimum Gasteiger partial charge on any atom is -0.256 e. The second kappa shape index (κ2) is 17.3. The standard InChI is InChI=1S/C58H55N3/c1-57(2,51-27-29-54(60-39-51)45-15-8-5-9-16-45)36-42-31-41(32-43(33-42)37-58(3,4)52-28-30-55(61-40-52)46-17-10-6-11-18-46)23-24-50-38-59-56(47-19-12-7-13-20-47)35-53(50)49-26-25-44-21-14-22-48(44)34-49/h5-13,15-20,25-35,38-40H,14,21-24,36-37H2,1-4H3/i23D2,24D2. The molecule has 0 fully saturated rings. The van der Waals surface area contributed by atoms with Crippen LogP contribution < -0.4 is 0 Å². The number of nitrogens with zero attached hydrogens (tertiary/aromatic N) is 3. The van der Waals surface area contributed by atoms with Crippen LogP contribution in [0.3, 0.4) is 0 Å². The topological polar surface area (TPSA) is 38.7 Å². The number of benzene rings is 5. The molecule has 0 N–H and O–H groups in total. The fourth-order valence-corrected chi connectivity index (χ4v) is 8.85. The summed E-state index contributed by atoms with van der Waals surface area (Å²) in [5.41, 5.74) is 13.4. The number of fused-ring (bicyclic) bond motifs is 1. The van der Waals surface area contributed by atoms with E-state index in [1.165, 1.54) is 11.1 Å². The Labute approximate surface area is 368 Å². The summed E-state index contributed by atoms with van der Waals surface area (Å²) in [6.07, 6.45) is 4.79. The highest BCUT2D eigenvalue weighted by Crippen LogP contribution is 2.35. The summed E-state index contributed by atoms with van der Waals surface area (Å²) in [5, 5.41) is 0. The van der Waals surface area contributed by atoms with Crippen molar-refractivity contribution in [3.63, 3.8) is 0 Å². The monoisotopic (exact) mass is 797 g/mol. The second-order valence-electron chi connectivity index (χ2n) is 17.8. The molecule has 9 rings (SSSR count). The first-order valence-electron chi connectivity index (χ1n) is 23.5. The molecule has 0 saturated carbocycles. The van der Waals surface area contributed by atoms with Crippen LogP contribution in [0, 0.1) is 0 Å². The lowest BCUT2D eigenvalue weighted by Gasteiger charge is -2.28. The predicted molar refractivity (Wildman–Crippen MR) is 254 cm³/mol. The zero-order valence-electron chi connectivity index (χ0n) is 39.6. The van der Waals surface area contributed by atoms with Crippen LogP contribution >= 0.6 is 0 Å². The molecular formula is C58H55N3. The minimum absolute atomic E-state index is 0.224. The van der Waals surface area contributed by atoms with E-state index in [0.717, 1.165) is 75.2 Å². The van der Waals surface area contributed by atoms with Gasteiger partial charge in [0, 0.05) is 40.8 Å². The number of aromatic nitrogens is 3. The van der Waals surface area contributed by atoms with Gasteiger partial charge < -0.3 is 0 Å². The molecule has 1 aliphatic carbocycles. The molecule has 3 nitrogen and oxygen atoms in total. The van der Waals surface area contributed by atoms with Crippen molar-refractivity contribution in [1.29, 1.82) is 0 Å². The zero-order valence-corrected chi connectivity index (χ0v) is 35.6. The first-order valence-corrected chi connectivity index (χ1v) is 21.5. The van der Waals surface area contributed by atoms with Gasteiger partial charge in [-0.05, 0) is 130 Å². The average molecular weight is 798 g/mol. The van der Waals surface area contributed by atoms with Crippen molar-refractivity contribution in [3.05, 3.63) is 221 Å². The third-order valence-electron chi connectivity index (χ3n) is 12.3. The molecule has 61 heavy (non-hydrogen) atoms. The lowest BCUT2D eigenvalue weighted by Crippen LogP contribution is -2.23. The number of pyridine rings is 3. The Morgan fingerprint density at radius 2 is 0.934 bits per heavy atom. The summed E-state index contributed by atoms with van der Waals surface area (Å²) in [4.78, 5) is 14.5. The molecule has 1 aliphatic rings. The smallest absolute Gasteiger partial charge is 0.0708 e. The van der Waals surface area contributed by atoms with Crippen LogP contribution in [0.1, 0.15) is 84.1 Å². The molecule has 8 aromatic rings. The van der Waals surface area contributed by atoms with Crippen molar-refractivity contribution in [2.24, 2.45) is 0 Å². The molecule has 0 spiro atoms. The maximum absolute atomic E-state index is 9.95. The van der Waals surface area contributed by atoms with E-state index in [-0.39, 0.29) is 16.4 Å². The Hall–Kier alpha value is -6.45. The fraction of sp³-hybridized carbons (Fsp3) is 0.224. The molecule has 0 saturated heterocycles. The molecule has 3 heteroatoms. The van der Waals surface area contributed by atoms with Crippen LogP contribution in [-0.2, 0) is 49.3 Å². The predicted octanol–water partition coefficient (Wildman–Crippen LogP) is 13.9. The molecule has 0 bridgehead atoms. The van der Waals surface area contributed by atoms with E-state index in [1.807, 2.05) is 97.3 Å². The van der Waals surface area contributed by atoms with Gasteiger partial charge in [0.15, 0.2) is 0 Å². The Bertz CT molecular complexity index is 2810. The van der Waals surface area contributed by atoms with Gasteiger partial charge in [-0.25, -0.2) is 0 Å². The van der Waals surface area contributed by atoms with E-state index in [9.17, 15) is 5.48 Å². The van der Waals surface area contributed by atoms with Gasteiger partial charge >= 0.3 is 0 Å². The Morgan fingerprint density at radius 3 is 1.46 bits per heavy atom. The summed E-state index contributed by atoms with van der Waals surface area (Å²) >= 11 is 0. The normalized spacial score (nSPS) is 14.1. The highest BCUT2D eigenvalue weighted by molar-refractivity contribution is 5.74. The second-order valence-corrected chi connectivity index (χ2v) is 17.8. The SMILES string of the molecule is [2H]C([2H])(c1cc(CC(C)(C)c2ccc(-c3ccccc3)nc2)cc(CC(C)(C)c2ccc(-c3ccccc3)nc2)c1)C([2H])([2H])c1cnc(-c2ccccc2)cc1-c1ccc2c(c1)CCC2. The maximum Gasteiger partial charge on any atom is 0.0708 e. The molecule has 3 heterocycles. The van der Waals surface area contributed by atoms with Crippen LogP contribution in [0.25, 0.3) is 44.9 Å². The molecule has 0 radical (unpaired) electrons. The highest BCUT2D eigenvalue weighted by Gasteiger charge is 2.26. The van der Waals surface area contributed by atoms with Crippen molar-refractivity contribution >= 4 is 0 Å². The number of hydrogen-bond donors (Lipinski definition) is 0. The first kappa shape index (κ1) is 35.3. The van der Waals surface area contributed by atoms with Gasteiger partial charge in [0.25, 0.3) is 0 Å². The summed E-state index contributed by atoms with van der Waals surface area (Å²) in [6.45, 7) is 8.77. The molecule has 0 unspecified atom stereocenters. The largest absolute Gasteiger partial charge is 0.256 e. The Morgan fingerprint density at radius 1 is 0.443 bits per heavy atom. The van der Waals surface area contributed by atoms with Gasteiger partial charge in [-0.2, -0.15) is 0 Å². The Balaban J connectivity index is 1.12. The van der Waals surface area contributed by atoms with Gasteiger partial charge in [0.2, 0.25) is 0 Å². The summed E-state index contributed by atoms with van der Waals surface area (Å²) in [5.74, 6) is 0. The lowest BCUT2D eigenvalue weighted by atomic mass is 9.77. The van der Waals surface area contributed by atoms with Crippen molar-refractivity contribution in [2.75, 3.05) is 0 Å². The molecule has 0 aliphatic heterocycles. The first-order chi connectivity index (χ1) is 31.2. The van der Waals surface area contributed by atoms with Crippen LogP contribution in [0.5, 0.6) is 0 Å². The third kappa shape index (κ3) is 9.17. The van der Waals surface area contributed by atoms with Crippen LogP contribution in [0.4, 0.5) is 0 Å². The van der Waals surface area contributed by atoms with E-state index in [4.69, 9.17) is 15.0 Å². The van der Waals surface area contributed by atoms with Gasteiger partial charge in [-0.3, -0.25) is 15.0 Å². The van der Waals surface area contributed by atoms with Crippen LogP contribution in [0.15, 0.2) is 176 Å². The van der Waals surface area contributed by atoms with E-state index in [1.54, 1.807) is 6.20 Å². The maximum atomic E-state index is 9.95. The lowest BCUT2D eigenvalue weighted by molar-refractivity contribution is 0.512. The van der Waals surface area contributed by atoms with Gasteiger partial charge in [0.05, 0.1) is 17.1 Å². The molecule has 0 atom stereocenters. The van der Waals surface area contributed by atoms with E-state index in [0.29, 0.717) is 29.7 Å². The van der Waals surface area contributed by atoms with Crippen molar-refractivity contribution in [1.82, 2.24) is 15.0 Å². The van der Waals surface area contributed by atoms with Crippen LogP contribution in [-0.4, -0.2) is 15.0 Å². The molecule has 0 amide bonds. The Kier molecular flexibility index (Phi) is 10.00. The molecule has 5 aromatic carbocycles. The van der Waals surface area contributed by atoms with E-state index in [2.05, 4.69) is 100 Å². The third-order valence-corrected chi connectivity index (χ3v) is 12.3. The van der Waals surface area contributed by atoms with Gasteiger partial charge in [-0.1, -0.05) is 167 Å². The highest BCUT2D eigenvalue weighted by atomic mass is 14.7. The van der Waals surface area contributed by atoms with Crippen molar-refractivity contribution in [3.8, 4) is 44.9 Å². The summed E-state index contributed by atoms with van der Waals surface area (Å²) in [6, 6.07) is 52.9. The molecule has 3 aromatic heterocycles. The minimum atomic E-state index is -2.49. The van der Waals surface area contributed by atoms with Crippen LogP contribution in [0.2, 0.25) is 0 Å². The molecule has 302 valence electrons. The van der Waals surface area contributed by atoms with Crippen molar-refractivity contribution in [2.45, 2.75) is 83.4 Å². The number of aryl methyl sites for hydroxylation is 4. The van der Waals surface area contributed by atoms with E-state index < -0.39 is 12.7 Å². The van der Waals surface area contributed by atoms with E-state index >= 15 is 0 Å². The number of hydrogen-bond acceptors (Lipinski definition) is 3. The fourth-order valence-electron chi connectivity index (χ4n) is 8.85. The van der Waals surface area contributed by atoms with Crippen molar-refractivity contribution < 1.29 is 5.48 Å². The zero-order chi connectivity index (χ0) is 45.4. The quantitative estimate of drug-likeness (QED) is 0.117. The summed E-state index contributed by atoms with van der Waals surface area (Å²) in [7, 11) is 0. The summed E-state index contributed by atoms with van der Waals surface area (Å²) < 4.78 is 39.7. The van der Waals surface area contributed by atoms with Gasteiger partial charge in [0.1, 0.15) is 0 Å². The number of rotatable bonds is 13. The average Bonchev–Trinajstić information content (AvgIpc) is 3.80. The van der Waals surface area contributed by atoms with Gasteiger partial charge in [-0.15, -0.1) is 0 Å².